The number of carbonyl (C=O) groups excluding carboxylic acids is 1. The highest BCUT2D eigenvalue weighted by Gasteiger charge is 2.32. The van der Waals surface area contributed by atoms with Crippen molar-refractivity contribution in [2.75, 3.05) is 33.4 Å². The summed E-state index contributed by atoms with van der Waals surface area (Å²) in [7, 11) is 1.65. The maximum atomic E-state index is 13.2. The van der Waals surface area contributed by atoms with E-state index < -0.39 is 0 Å². The van der Waals surface area contributed by atoms with E-state index in [4.69, 9.17) is 4.74 Å². The average molecular weight is 401 g/mol. The van der Waals surface area contributed by atoms with Crippen LogP contribution in [0.3, 0.4) is 0 Å². The summed E-state index contributed by atoms with van der Waals surface area (Å²) in [6.45, 7) is 5.59. The van der Waals surface area contributed by atoms with E-state index in [2.05, 4.69) is 12.2 Å². The summed E-state index contributed by atoms with van der Waals surface area (Å²) in [5.41, 5.74) is 1.96. The fraction of sp³-hybridized carbons (Fsp3) is 0.636. The summed E-state index contributed by atoms with van der Waals surface area (Å²) >= 11 is 0. The quantitative estimate of drug-likeness (QED) is 0.834. The van der Waals surface area contributed by atoms with Crippen molar-refractivity contribution in [1.82, 2.24) is 19.4 Å². The second-order valence-corrected chi connectivity index (χ2v) is 8.42. The number of piperidine rings is 2. The number of aromatic nitrogens is 2. The molecule has 29 heavy (non-hydrogen) atoms. The Bertz CT molecular complexity index is 910. The Balaban J connectivity index is 1.50. The molecule has 0 spiro atoms. The number of hydrogen-bond donors (Lipinski definition) is 1. The van der Waals surface area contributed by atoms with Gasteiger partial charge in [0.05, 0.1) is 24.2 Å². The van der Waals surface area contributed by atoms with Gasteiger partial charge in [0.25, 0.3) is 0 Å². The zero-order valence-corrected chi connectivity index (χ0v) is 17.5. The normalized spacial score (nSPS) is 23.6. The lowest BCUT2D eigenvalue weighted by Crippen LogP contribution is -2.47. The minimum Gasteiger partial charge on any atom is -0.383 e. The first kappa shape index (κ1) is 20.2. The van der Waals surface area contributed by atoms with Crippen LogP contribution in [0.1, 0.15) is 38.6 Å². The van der Waals surface area contributed by atoms with Crippen molar-refractivity contribution < 1.29 is 9.53 Å². The summed E-state index contributed by atoms with van der Waals surface area (Å²) in [4.78, 5) is 28.2. The van der Waals surface area contributed by atoms with E-state index in [0.717, 1.165) is 56.4 Å². The molecule has 2 saturated heterocycles. The number of nitrogens with zero attached hydrogens (tertiary/aromatic N) is 3. The van der Waals surface area contributed by atoms with Crippen LogP contribution in [-0.2, 0) is 16.1 Å². The van der Waals surface area contributed by atoms with E-state index in [1.54, 1.807) is 7.11 Å². The zero-order valence-electron chi connectivity index (χ0n) is 17.5. The highest BCUT2D eigenvalue weighted by atomic mass is 16.5. The van der Waals surface area contributed by atoms with Gasteiger partial charge in [-0.25, -0.2) is 4.79 Å². The molecule has 0 radical (unpaired) electrons. The molecule has 0 aliphatic carbocycles. The third-order valence-electron chi connectivity index (χ3n) is 6.50. The summed E-state index contributed by atoms with van der Waals surface area (Å²) < 4.78 is 8.95. The number of ether oxygens (including phenoxy) is 1. The molecule has 3 heterocycles. The number of nitrogens with one attached hydrogen (secondary N) is 1. The second-order valence-electron chi connectivity index (χ2n) is 8.42. The van der Waals surface area contributed by atoms with Crippen molar-refractivity contribution >= 4 is 16.9 Å². The highest BCUT2D eigenvalue weighted by Crippen LogP contribution is 2.28. The summed E-state index contributed by atoms with van der Waals surface area (Å²) in [6.07, 6.45) is 3.50. The minimum absolute atomic E-state index is 0.0280. The largest absolute Gasteiger partial charge is 0.383 e. The smallest absolute Gasteiger partial charge is 0.329 e. The van der Waals surface area contributed by atoms with Crippen molar-refractivity contribution in [2.24, 2.45) is 5.92 Å². The molecule has 2 aliphatic rings. The Morgan fingerprint density at radius 3 is 2.59 bits per heavy atom. The second kappa shape index (κ2) is 8.71. The van der Waals surface area contributed by atoms with Crippen LogP contribution in [0.15, 0.2) is 29.1 Å². The monoisotopic (exact) mass is 400 g/mol. The molecule has 1 aromatic heterocycles. The molecule has 1 amide bonds. The number of benzene rings is 1. The molecule has 2 aliphatic heterocycles. The predicted octanol–water partition coefficient (Wildman–Crippen LogP) is 2.00. The standard InChI is InChI=1S/C22H32N4O3/c1-16-15-17(7-10-23-16)21(27)24-11-8-18(9-12-24)26-20-6-4-3-5-19(20)25(22(26)28)13-14-29-2/h3-6,16-18,23H,7-15H2,1-2H3. The molecule has 2 unspecified atom stereocenters. The number of fused-ring (bicyclic) bond motifs is 1. The van der Waals surface area contributed by atoms with E-state index in [1.807, 2.05) is 38.3 Å². The fourth-order valence-corrected chi connectivity index (χ4v) is 4.94. The van der Waals surface area contributed by atoms with Crippen LogP contribution in [0.25, 0.3) is 11.0 Å². The van der Waals surface area contributed by atoms with Gasteiger partial charge in [0.1, 0.15) is 0 Å². The van der Waals surface area contributed by atoms with Crippen molar-refractivity contribution in [3.8, 4) is 0 Å². The first-order chi connectivity index (χ1) is 14.1. The molecule has 7 heteroatoms. The molecule has 7 nitrogen and oxygen atoms in total. The molecule has 2 fully saturated rings. The van der Waals surface area contributed by atoms with Crippen LogP contribution in [0.4, 0.5) is 0 Å². The summed E-state index contributed by atoms with van der Waals surface area (Å²) in [5, 5.41) is 3.42. The first-order valence-electron chi connectivity index (χ1n) is 10.8. The number of rotatable bonds is 5. The van der Waals surface area contributed by atoms with Crippen molar-refractivity contribution in [3.63, 3.8) is 0 Å². The number of para-hydroxylation sites is 2. The molecule has 158 valence electrons. The van der Waals surface area contributed by atoms with Gasteiger partial charge in [-0.2, -0.15) is 0 Å². The Labute approximate surface area is 171 Å². The Morgan fingerprint density at radius 2 is 1.90 bits per heavy atom. The maximum absolute atomic E-state index is 13.2. The lowest BCUT2D eigenvalue weighted by Gasteiger charge is -2.36. The summed E-state index contributed by atoms with van der Waals surface area (Å²) in [6, 6.07) is 8.51. The minimum atomic E-state index is 0.0280. The van der Waals surface area contributed by atoms with E-state index in [0.29, 0.717) is 25.1 Å². The first-order valence-corrected chi connectivity index (χ1v) is 10.8. The van der Waals surface area contributed by atoms with Gasteiger partial charge in [-0.05, 0) is 51.3 Å². The van der Waals surface area contributed by atoms with Gasteiger partial charge in [0.2, 0.25) is 5.91 Å². The van der Waals surface area contributed by atoms with E-state index in [1.165, 1.54) is 0 Å². The van der Waals surface area contributed by atoms with Crippen molar-refractivity contribution in [2.45, 2.75) is 51.2 Å². The third kappa shape index (κ3) is 3.98. The van der Waals surface area contributed by atoms with Gasteiger partial charge >= 0.3 is 5.69 Å². The molecular formula is C22H32N4O3. The zero-order chi connectivity index (χ0) is 20.4. The SMILES string of the molecule is COCCn1c(=O)n(C2CCN(C(=O)C3CCNC(C)C3)CC2)c2ccccc21. The van der Waals surface area contributed by atoms with Crippen molar-refractivity contribution in [1.29, 1.82) is 0 Å². The van der Waals surface area contributed by atoms with Crippen LogP contribution >= 0.6 is 0 Å². The molecule has 1 aromatic carbocycles. The molecular weight excluding hydrogens is 368 g/mol. The number of hydrogen-bond acceptors (Lipinski definition) is 4. The number of methoxy groups -OCH3 is 1. The average Bonchev–Trinajstić information content (AvgIpc) is 3.03. The van der Waals surface area contributed by atoms with Crippen LogP contribution in [0.2, 0.25) is 0 Å². The third-order valence-corrected chi connectivity index (χ3v) is 6.50. The predicted molar refractivity (Wildman–Crippen MR) is 113 cm³/mol. The van der Waals surface area contributed by atoms with Crippen LogP contribution in [-0.4, -0.2) is 59.3 Å². The number of carbonyl (C=O) groups is 1. The Hall–Kier alpha value is -2.12. The van der Waals surface area contributed by atoms with Crippen LogP contribution in [0, 0.1) is 5.92 Å². The number of likely N-dealkylation sites (tertiary alicyclic amines) is 1. The summed E-state index contributed by atoms with van der Waals surface area (Å²) in [5.74, 6) is 0.438. The number of amides is 1. The molecule has 2 aromatic rings. The fourth-order valence-electron chi connectivity index (χ4n) is 4.94. The molecule has 2 atom stereocenters. The van der Waals surface area contributed by atoms with E-state index in [-0.39, 0.29) is 17.6 Å². The van der Waals surface area contributed by atoms with Crippen LogP contribution in [0.5, 0.6) is 0 Å². The van der Waals surface area contributed by atoms with Gasteiger partial charge in [-0.15, -0.1) is 0 Å². The number of imidazole rings is 1. The lowest BCUT2D eigenvalue weighted by molar-refractivity contribution is -0.138. The van der Waals surface area contributed by atoms with Gasteiger partial charge in [0, 0.05) is 38.2 Å². The lowest BCUT2D eigenvalue weighted by atomic mass is 9.91. The Kier molecular flexibility index (Phi) is 6.06. The molecule has 1 N–H and O–H groups in total. The molecule has 0 saturated carbocycles. The van der Waals surface area contributed by atoms with Crippen molar-refractivity contribution in [3.05, 3.63) is 34.7 Å². The topological polar surface area (TPSA) is 68.5 Å². The van der Waals surface area contributed by atoms with Crippen LogP contribution < -0.4 is 11.0 Å². The van der Waals surface area contributed by atoms with Gasteiger partial charge in [0.15, 0.2) is 0 Å². The molecule has 4 rings (SSSR count). The van der Waals surface area contributed by atoms with Gasteiger partial charge in [-0.1, -0.05) is 12.1 Å². The molecule has 0 bridgehead atoms. The van der Waals surface area contributed by atoms with E-state index >= 15 is 0 Å². The Morgan fingerprint density at radius 1 is 1.17 bits per heavy atom. The van der Waals surface area contributed by atoms with Gasteiger partial charge in [-0.3, -0.25) is 13.9 Å². The maximum Gasteiger partial charge on any atom is 0.329 e. The van der Waals surface area contributed by atoms with Gasteiger partial charge < -0.3 is 15.0 Å². The highest BCUT2D eigenvalue weighted by molar-refractivity contribution is 5.79. The van der Waals surface area contributed by atoms with E-state index in [9.17, 15) is 9.59 Å².